The summed E-state index contributed by atoms with van der Waals surface area (Å²) in [6.07, 6.45) is 1.85. The van der Waals surface area contributed by atoms with Crippen molar-refractivity contribution in [2.45, 2.75) is 53.9 Å². The molecule has 0 aromatic carbocycles. The summed E-state index contributed by atoms with van der Waals surface area (Å²) in [5, 5.41) is 8.84. The van der Waals surface area contributed by atoms with Gasteiger partial charge >= 0.3 is 5.97 Å². The number of hydrogen-bond acceptors (Lipinski definition) is 3. The summed E-state index contributed by atoms with van der Waals surface area (Å²) < 4.78 is 0. The van der Waals surface area contributed by atoms with Gasteiger partial charge in [-0.15, -0.1) is 0 Å². The van der Waals surface area contributed by atoms with Gasteiger partial charge in [0.05, 0.1) is 6.42 Å². The molecule has 1 aromatic rings. The average Bonchev–Trinajstić information content (AvgIpc) is 2.19. The second-order valence-electron chi connectivity index (χ2n) is 5.92. The lowest BCUT2D eigenvalue weighted by molar-refractivity contribution is -0.136. The number of aromatic nitrogens is 2. The fraction of sp³-hybridized carbons (Fsp3) is 0.643. The first-order chi connectivity index (χ1) is 8.19. The smallest absolute Gasteiger partial charge is 0.307 e. The molecule has 18 heavy (non-hydrogen) atoms. The Kier molecular flexibility index (Phi) is 4.43. The van der Waals surface area contributed by atoms with Crippen molar-refractivity contribution in [1.82, 2.24) is 9.97 Å². The third kappa shape index (κ3) is 4.43. The molecule has 0 amide bonds. The zero-order valence-electron chi connectivity index (χ0n) is 11.9. The molecule has 1 rings (SSSR count). The molecule has 4 nitrogen and oxygen atoms in total. The second-order valence-corrected chi connectivity index (χ2v) is 5.92. The van der Waals surface area contributed by atoms with Crippen molar-refractivity contribution in [2.75, 3.05) is 0 Å². The van der Waals surface area contributed by atoms with Crippen LogP contribution in [0.25, 0.3) is 0 Å². The van der Waals surface area contributed by atoms with Gasteiger partial charge in [-0.3, -0.25) is 4.79 Å². The van der Waals surface area contributed by atoms with Crippen LogP contribution in [0.5, 0.6) is 0 Å². The van der Waals surface area contributed by atoms with Crippen LogP contribution in [0.15, 0.2) is 0 Å². The maximum Gasteiger partial charge on any atom is 0.307 e. The van der Waals surface area contributed by atoms with Gasteiger partial charge in [0, 0.05) is 23.4 Å². The number of aryl methyl sites for hydroxylation is 3. The Hall–Kier alpha value is -1.45. The standard InChI is InChI=1S/C14H22N2O2/c1-9-11(8-13(17)18)10(2)16-12(15-9)6-7-14(3,4)5/h6-8H2,1-5H3,(H,17,18). The van der Waals surface area contributed by atoms with Crippen molar-refractivity contribution in [3.63, 3.8) is 0 Å². The molecule has 0 atom stereocenters. The Labute approximate surface area is 108 Å². The van der Waals surface area contributed by atoms with Gasteiger partial charge in [-0.05, 0) is 25.7 Å². The Bertz CT molecular complexity index is 425. The Morgan fingerprint density at radius 1 is 1.17 bits per heavy atom. The second kappa shape index (κ2) is 5.46. The van der Waals surface area contributed by atoms with Crippen molar-refractivity contribution in [3.8, 4) is 0 Å². The molecule has 100 valence electrons. The molecule has 0 aliphatic rings. The third-order valence-electron chi connectivity index (χ3n) is 2.89. The largest absolute Gasteiger partial charge is 0.481 e. The molecule has 0 unspecified atom stereocenters. The van der Waals surface area contributed by atoms with Gasteiger partial charge in [-0.2, -0.15) is 0 Å². The van der Waals surface area contributed by atoms with E-state index in [1.54, 1.807) is 0 Å². The SMILES string of the molecule is Cc1nc(CCC(C)(C)C)nc(C)c1CC(=O)O. The van der Waals surface area contributed by atoms with Crippen LogP contribution in [0, 0.1) is 19.3 Å². The molecule has 1 aromatic heterocycles. The summed E-state index contributed by atoms with van der Waals surface area (Å²) in [5.41, 5.74) is 2.56. The first kappa shape index (κ1) is 14.6. The lowest BCUT2D eigenvalue weighted by atomic mass is 9.90. The van der Waals surface area contributed by atoms with Gasteiger partial charge in [0.25, 0.3) is 0 Å². The van der Waals surface area contributed by atoms with E-state index < -0.39 is 5.97 Å². The van der Waals surface area contributed by atoms with Crippen LogP contribution in [0.3, 0.4) is 0 Å². The van der Waals surface area contributed by atoms with Crippen LogP contribution in [-0.4, -0.2) is 21.0 Å². The van der Waals surface area contributed by atoms with E-state index in [0.29, 0.717) is 0 Å². The highest BCUT2D eigenvalue weighted by Gasteiger charge is 2.14. The van der Waals surface area contributed by atoms with Crippen LogP contribution >= 0.6 is 0 Å². The van der Waals surface area contributed by atoms with E-state index in [1.807, 2.05) is 13.8 Å². The molecule has 0 aliphatic carbocycles. The molecule has 0 spiro atoms. The van der Waals surface area contributed by atoms with E-state index in [-0.39, 0.29) is 11.8 Å². The maximum atomic E-state index is 10.8. The highest BCUT2D eigenvalue weighted by atomic mass is 16.4. The molecular weight excluding hydrogens is 228 g/mol. The number of carboxylic acids is 1. The summed E-state index contributed by atoms with van der Waals surface area (Å²) in [4.78, 5) is 19.6. The fourth-order valence-corrected chi connectivity index (χ4v) is 1.81. The Morgan fingerprint density at radius 2 is 1.67 bits per heavy atom. The predicted octanol–water partition coefficient (Wildman–Crippen LogP) is 2.70. The van der Waals surface area contributed by atoms with E-state index in [1.165, 1.54) is 0 Å². The molecule has 0 bridgehead atoms. The Balaban J connectivity index is 2.89. The highest BCUT2D eigenvalue weighted by molar-refractivity contribution is 5.70. The van der Waals surface area contributed by atoms with Gasteiger partial charge in [0.15, 0.2) is 0 Å². The summed E-state index contributed by atoms with van der Waals surface area (Å²) in [5.74, 6) is -0.0266. The normalized spacial score (nSPS) is 11.6. The minimum Gasteiger partial charge on any atom is -0.481 e. The molecular formula is C14H22N2O2. The van der Waals surface area contributed by atoms with Gasteiger partial charge < -0.3 is 5.11 Å². The Morgan fingerprint density at radius 3 is 2.06 bits per heavy atom. The van der Waals surface area contributed by atoms with Crippen molar-refractivity contribution in [3.05, 3.63) is 22.8 Å². The zero-order valence-corrected chi connectivity index (χ0v) is 11.9. The third-order valence-corrected chi connectivity index (χ3v) is 2.89. The summed E-state index contributed by atoms with van der Waals surface area (Å²) in [7, 11) is 0. The van der Waals surface area contributed by atoms with Gasteiger partial charge in [-0.25, -0.2) is 9.97 Å². The quantitative estimate of drug-likeness (QED) is 0.892. The zero-order chi connectivity index (χ0) is 13.9. The van der Waals surface area contributed by atoms with Crippen molar-refractivity contribution < 1.29 is 9.90 Å². The lowest BCUT2D eigenvalue weighted by Gasteiger charge is -2.17. The summed E-state index contributed by atoms with van der Waals surface area (Å²) in [6.45, 7) is 10.3. The molecule has 1 N–H and O–H groups in total. The first-order valence-corrected chi connectivity index (χ1v) is 6.24. The highest BCUT2D eigenvalue weighted by Crippen LogP contribution is 2.21. The van der Waals surface area contributed by atoms with Crippen LogP contribution in [-0.2, 0) is 17.6 Å². The monoisotopic (exact) mass is 250 g/mol. The predicted molar refractivity (Wildman–Crippen MR) is 70.6 cm³/mol. The van der Waals surface area contributed by atoms with Crippen molar-refractivity contribution in [1.29, 1.82) is 0 Å². The summed E-state index contributed by atoms with van der Waals surface area (Å²) >= 11 is 0. The first-order valence-electron chi connectivity index (χ1n) is 6.24. The minimum absolute atomic E-state index is 0.00276. The van der Waals surface area contributed by atoms with Crippen LogP contribution in [0.4, 0.5) is 0 Å². The summed E-state index contributed by atoms with van der Waals surface area (Å²) in [6, 6.07) is 0. The maximum absolute atomic E-state index is 10.8. The molecule has 0 saturated heterocycles. The topological polar surface area (TPSA) is 63.1 Å². The number of nitrogens with zero attached hydrogens (tertiary/aromatic N) is 2. The van der Waals surface area contributed by atoms with E-state index >= 15 is 0 Å². The van der Waals surface area contributed by atoms with Crippen LogP contribution in [0.1, 0.15) is 50.0 Å². The molecule has 0 fully saturated rings. The molecule has 4 heteroatoms. The van der Waals surface area contributed by atoms with E-state index in [9.17, 15) is 4.79 Å². The lowest BCUT2D eigenvalue weighted by Crippen LogP contribution is -2.12. The van der Waals surface area contributed by atoms with Crippen LogP contribution < -0.4 is 0 Å². The number of rotatable bonds is 4. The minimum atomic E-state index is -0.841. The van der Waals surface area contributed by atoms with E-state index in [0.717, 1.165) is 35.6 Å². The number of carbonyl (C=O) groups is 1. The number of carboxylic acid groups (broad SMARTS) is 1. The molecule has 0 radical (unpaired) electrons. The van der Waals surface area contributed by atoms with Gasteiger partial charge in [-0.1, -0.05) is 20.8 Å². The van der Waals surface area contributed by atoms with E-state index in [2.05, 4.69) is 30.7 Å². The number of hydrogen-bond donors (Lipinski definition) is 1. The van der Waals surface area contributed by atoms with Gasteiger partial charge in [0.2, 0.25) is 0 Å². The average molecular weight is 250 g/mol. The van der Waals surface area contributed by atoms with E-state index in [4.69, 9.17) is 5.11 Å². The fourth-order valence-electron chi connectivity index (χ4n) is 1.81. The van der Waals surface area contributed by atoms with Crippen molar-refractivity contribution in [2.24, 2.45) is 5.41 Å². The van der Waals surface area contributed by atoms with Crippen LogP contribution in [0.2, 0.25) is 0 Å². The van der Waals surface area contributed by atoms with Crippen molar-refractivity contribution >= 4 is 5.97 Å². The number of aliphatic carboxylic acids is 1. The molecule has 0 aliphatic heterocycles. The molecule has 0 saturated carbocycles. The molecule has 1 heterocycles. The van der Waals surface area contributed by atoms with Gasteiger partial charge in [0.1, 0.15) is 5.82 Å².